The molecule has 4 aliphatic heterocycles. The Kier molecular flexibility index (Phi) is 8.27. The summed E-state index contributed by atoms with van der Waals surface area (Å²) in [5.41, 5.74) is 2.75. The predicted molar refractivity (Wildman–Crippen MR) is 182 cm³/mol. The number of nitrogens with zero attached hydrogens (tertiary/aromatic N) is 6. The Labute approximate surface area is 278 Å². The molecule has 7 rings (SSSR count). The molecule has 3 saturated heterocycles. The van der Waals surface area contributed by atoms with Crippen LogP contribution in [-0.2, 0) is 17.7 Å². The van der Waals surface area contributed by atoms with Crippen molar-refractivity contribution in [1.29, 1.82) is 0 Å². The summed E-state index contributed by atoms with van der Waals surface area (Å²) in [5.74, 6) is 0.953. The molecule has 45 heavy (non-hydrogen) atoms. The number of aromatic nitrogens is 2. The molecule has 0 saturated carbocycles. The highest BCUT2D eigenvalue weighted by Gasteiger charge is 2.45. The van der Waals surface area contributed by atoms with E-state index >= 15 is 0 Å². The minimum absolute atomic E-state index is 0.0945. The van der Waals surface area contributed by atoms with Gasteiger partial charge in [0.15, 0.2) is 0 Å². The average molecular weight is 698 g/mol. The second-order valence-corrected chi connectivity index (χ2v) is 15.2. The first kappa shape index (κ1) is 30.8. The molecule has 0 aliphatic carbocycles. The van der Waals surface area contributed by atoms with Gasteiger partial charge in [0.25, 0.3) is 0 Å². The normalized spacial score (nSPS) is 23.5. The van der Waals surface area contributed by atoms with Crippen LogP contribution in [0.25, 0.3) is 10.8 Å². The fraction of sp³-hybridized carbons (Fsp3) is 0.559. The summed E-state index contributed by atoms with van der Waals surface area (Å²) in [6.45, 7) is 10.3. The predicted octanol–water partition coefficient (Wildman–Crippen LogP) is 6.67. The lowest BCUT2D eigenvalue weighted by Gasteiger charge is -2.43. The number of anilines is 2. The second kappa shape index (κ2) is 12.1. The third-order valence-electron chi connectivity index (χ3n) is 9.74. The maximum Gasteiger partial charge on any atom is 0.410 e. The molecule has 3 aromatic rings. The van der Waals surface area contributed by atoms with Crippen LogP contribution < -0.4 is 14.5 Å². The van der Waals surface area contributed by atoms with Crippen LogP contribution in [0.3, 0.4) is 0 Å². The molecule has 2 aromatic carbocycles. The van der Waals surface area contributed by atoms with Gasteiger partial charge in [-0.05, 0) is 90.1 Å². The van der Waals surface area contributed by atoms with Crippen molar-refractivity contribution in [3.05, 3.63) is 51.1 Å². The number of hydrogen-bond donors (Lipinski definition) is 0. The zero-order valence-electron chi connectivity index (χ0n) is 26.6. The summed E-state index contributed by atoms with van der Waals surface area (Å²) in [6, 6.07) is 11.3. The smallest absolute Gasteiger partial charge is 0.410 e. The number of likely N-dealkylation sites (N-methyl/N-ethyl adjacent to an activating group) is 1. The van der Waals surface area contributed by atoms with Crippen molar-refractivity contribution < 1.29 is 14.3 Å². The number of carbonyl (C=O) groups is 1. The number of ether oxygens (including phenoxy) is 2. The third kappa shape index (κ3) is 6.05. The molecular weight excluding hydrogens is 656 g/mol. The van der Waals surface area contributed by atoms with Crippen LogP contribution in [-0.4, -0.2) is 89.4 Å². The molecule has 0 unspecified atom stereocenters. The molecule has 2 bridgehead atoms. The molecule has 240 valence electrons. The van der Waals surface area contributed by atoms with Gasteiger partial charge in [-0.3, -0.25) is 4.90 Å². The number of amides is 1. The molecule has 0 radical (unpaired) electrons. The average Bonchev–Trinajstić information content (AvgIpc) is 3.53. The Balaban J connectivity index is 1.20. The maximum atomic E-state index is 13.2. The Morgan fingerprint density at radius 2 is 1.82 bits per heavy atom. The molecule has 9 nitrogen and oxygen atoms in total. The van der Waals surface area contributed by atoms with E-state index in [4.69, 9.17) is 31.0 Å². The summed E-state index contributed by atoms with van der Waals surface area (Å²) >= 11 is 10.5. The molecule has 5 heterocycles. The minimum atomic E-state index is -0.519. The molecule has 0 N–H and O–H groups in total. The molecule has 4 aliphatic rings. The van der Waals surface area contributed by atoms with Gasteiger partial charge in [-0.2, -0.15) is 9.97 Å². The summed E-state index contributed by atoms with van der Waals surface area (Å²) in [4.78, 5) is 32.4. The molecule has 1 aromatic heterocycles. The third-order valence-corrected chi connectivity index (χ3v) is 10.7. The molecule has 3 fully saturated rings. The van der Waals surface area contributed by atoms with Gasteiger partial charge in [-0.25, -0.2) is 4.79 Å². The number of carbonyl (C=O) groups excluding carboxylic acids is 1. The van der Waals surface area contributed by atoms with Crippen LogP contribution >= 0.6 is 27.5 Å². The molecule has 11 heteroatoms. The number of benzene rings is 2. The second-order valence-electron chi connectivity index (χ2n) is 13.9. The highest BCUT2D eigenvalue weighted by Crippen LogP contribution is 2.41. The van der Waals surface area contributed by atoms with Gasteiger partial charge in [0.05, 0.1) is 29.3 Å². The maximum absolute atomic E-state index is 13.2. The number of likely N-dealkylation sites (tertiary alicyclic amines) is 1. The summed E-state index contributed by atoms with van der Waals surface area (Å²) in [6.07, 6.45) is 4.84. The lowest BCUT2D eigenvalue weighted by molar-refractivity contribution is 0.0122. The van der Waals surface area contributed by atoms with Crippen molar-refractivity contribution in [3.63, 3.8) is 0 Å². The van der Waals surface area contributed by atoms with Gasteiger partial charge in [0.2, 0.25) is 0 Å². The van der Waals surface area contributed by atoms with E-state index < -0.39 is 5.60 Å². The first-order valence-corrected chi connectivity index (χ1v) is 17.3. The Bertz CT molecular complexity index is 1600. The Hall–Kier alpha value is -2.82. The van der Waals surface area contributed by atoms with Gasteiger partial charge in [-0.1, -0.05) is 39.7 Å². The van der Waals surface area contributed by atoms with Crippen molar-refractivity contribution in [2.75, 3.05) is 49.6 Å². The van der Waals surface area contributed by atoms with E-state index in [1.807, 2.05) is 37.8 Å². The van der Waals surface area contributed by atoms with E-state index in [0.717, 1.165) is 89.3 Å². The van der Waals surface area contributed by atoms with Crippen LogP contribution in [0.15, 0.2) is 34.8 Å². The molecule has 0 spiro atoms. The zero-order chi connectivity index (χ0) is 31.5. The fourth-order valence-electron chi connectivity index (χ4n) is 7.54. The van der Waals surface area contributed by atoms with Crippen LogP contribution in [0.5, 0.6) is 6.01 Å². The van der Waals surface area contributed by atoms with Crippen molar-refractivity contribution in [2.24, 2.45) is 0 Å². The first-order chi connectivity index (χ1) is 21.6. The minimum Gasteiger partial charge on any atom is -0.462 e. The van der Waals surface area contributed by atoms with Gasteiger partial charge < -0.3 is 24.2 Å². The molecular formula is C34H42BrClN6O3. The van der Waals surface area contributed by atoms with E-state index in [2.05, 4.69) is 55.9 Å². The van der Waals surface area contributed by atoms with Gasteiger partial charge in [-0.15, -0.1) is 0 Å². The van der Waals surface area contributed by atoms with Crippen LogP contribution in [0.1, 0.15) is 57.7 Å². The topological polar surface area (TPSA) is 74.3 Å². The van der Waals surface area contributed by atoms with Gasteiger partial charge >= 0.3 is 12.1 Å². The lowest BCUT2D eigenvalue weighted by atomic mass is 10.0. The van der Waals surface area contributed by atoms with Crippen LogP contribution in [0, 0.1) is 0 Å². The number of piperazine rings is 1. The fourth-order valence-corrected chi connectivity index (χ4v) is 8.28. The summed E-state index contributed by atoms with van der Waals surface area (Å²) < 4.78 is 13.2. The van der Waals surface area contributed by atoms with Gasteiger partial charge in [0, 0.05) is 46.8 Å². The van der Waals surface area contributed by atoms with E-state index in [-0.39, 0.29) is 18.2 Å². The van der Waals surface area contributed by atoms with Crippen molar-refractivity contribution in [1.82, 2.24) is 19.8 Å². The zero-order valence-corrected chi connectivity index (χ0v) is 28.9. The number of fused-ring (bicyclic) bond motifs is 4. The largest absolute Gasteiger partial charge is 0.462 e. The van der Waals surface area contributed by atoms with Crippen molar-refractivity contribution >= 4 is 55.9 Å². The summed E-state index contributed by atoms with van der Waals surface area (Å²) in [7, 11) is 2.16. The lowest BCUT2D eigenvalue weighted by Crippen LogP contribution is -2.57. The van der Waals surface area contributed by atoms with Gasteiger partial charge in [0.1, 0.15) is 18.0 Å². The van der Waals surface area contributed by atoms with Crippen molar-refractivity contribution in [3.8, 4) is 6.01 Å². The van der Waals surface area contributed by atoms with E-state index in [1.165, 1.54) is 12.0 Å². The number of hydrogen-bond acceptors (Lipinski definition) is 8. The van der Waals surface area contributed by atoms with Crippen molar-refractivity contribution in [2.45, 2.75) is 83.1 Å². The Morgan fingerprint density at radius 3 is 2.53 bits per heavy atom. The molecule has 3 atom stereocenters. The SMILES string of the molecule is CN1CCC[C@H]1COc1nc2c(c(N3C[C@H]4CC[C@@H](C3)N4C(=O)OC(C)(C)C)n1)CCN(c1ccc(Br)c3cccc(Cl)c13)C2. The first-order valence-electron chi connectivity index (χ1n) is 16.2. The molecule has 1 amide bonds. The standard InChI is InChI=1S/C34H42BrClN6O3/c1-34(2,3)45-33(43)42-21-10-11-22(42)18-41(17-21)31-25-14-16-40(29-13-12-26(35)24-8-5-9-27(36)30(24)29)19-28(25)37-32(38-31)44-20-23-7-6-15-39(23)4/h5,8-9,12-13,21-23H,6-7,10-11,14-20H2,1-4H3/t21-,22+,23-/m0/s1. The highest BCUT2D eigenvalue weighted by molar-refractivity contribution is 9.10. The Morgan fingerprint density at radius 1 is 1.04 bits per heavy atom. The van der Waals surface area contributed by atoms with Crippen LogP contribution in [0.4, 0.5) is 16.3 Å². The number of halogens is 2. The highest BCUT2D eigenvalue weighted by atomic mass is 79.9. The quantitative estimate of drug-likeness (QED) is 0.293. The summed E-state index contributed by atoms with van der Waals surface area (Å²) in [5, 5.41) is 2.88. The van der Waals surface area contributed by atoms with E-state index in [0.29, 0.717) is 25.2 Å². The van der Waals surface area contributed by atoms with E-state index in [1.54, 1.807) is 0 Å². The van der Waals surface area contributed by atoms with E-state index in [9.17, 15) is 4.79 Å². The number of rotatable bonds is 5. The van der Waals surface area contributed by atoms with Crippen LogP contribution in [0.2, 0.25) is 5.02 Å². The monoisotopic (exact) mass is 696 g/mol.